The molecule has 5 heteroatoms. The van der Waals surface area contributed by atoms with Crippen molar-refractivity contribution in [2.24, 2.45) is 5.92 Å². The van der Waals surface area contributed by atoms with Gasteiger partial charge in [-0.3, -0.25) is 4.79 Å². The van der Waals surface area contributed by atoms with Crippen LogP contribution >= 0.6 is 11.6 Å². The van der Waals surface area contributed by atoms with Crippen molar-refractivity contribution in [3.05, 3.63) is 34.9 Å². The fraction of sp³-hybridized carbons (Fsp3) is 0.500. The Morgan fingerprint density at radius 2 is 1.89 bits per heavy atom. The van der Waals surface area contributed by atoms with Gasteiger partial charge in [0.05, 0.1) is 5.54 Å². The first kappa shape index (κ1) is 12.9. The van der Waals surface area contributed by atoms with E-state index in [2.05, 4.69) is 5.32 Å². The number of amides is 1. The van der Waals surface area contributed by atoms with Gasteiger partial charge in [0.25, 0.3) is 5.92 Å². The third kappa shape index (κ3) is 2.59. The number of nitrogens with one attached hydrogen (secondary N) is 1. The van der Waals surface area contributed by atoms with Gasteiger partial charge in [-0.05, 0) is 30.5 Å². The van der Waals surface area contributed by atoms with E-state index in [1.54, 1.807) is 12.1 Å². The Kier molecular flexibility index (Phi) is 2.82. The molecule has 2 aliphatic carbocycles. The molecule has 1 aromatic rings. The topological polar surface area (TPSA) is 29.1 Å². The van der Waals surface area contributed by atoms with E-state index in [0.717, 1.165) is 18.4 Å². The second-order valence-electron chi connectivity index (χ2n) is 5.50. The van der Waals surface area contributed by atoms with E-state index >= 15 is 0 Å². The fourth-order valence-electron chi connectivity index (χ4n) is 2.41. The first-order chi connectivity index (χ1) is 8.91. The minimum Gasteiger partial charge on any atom is -0.347 e. The van der Waals surface area contributed by atoms with Crippen molar-refractivity contribution < 1.29 is 13.6 Å². The van der Waals surface area contributed by atoms with Gasteiger partial charge in [-0.1, -0.05) is 23.7 Å². The van der Waals surface area contributed by atoms with Crippen LogP contribution in [0.1, 0.15) is 31.2 Å². The van der Waals surface area contributed by atoms with Gasteiger partial charge in [0, 0.05) is 23.8 Å². The smallest absolute Gasteiger partial charge is 0.252 e. The van der Waals surface area contributed by atoms with Gasteiger partial charge in [0.15, 0.2) is 0 Å². The summed E-state index contributed by atoms with van der Waals surface area (Å²) in [5.41, 5.74) is 0.638. The molecule has 1 amide bonds. The van der Waals surface area contributed by atoms with Crippen LogP contribution in [-0.2, 0) is 10.3 Å². The molecule has 2 fully saturated rings. The van der Waals surface area contributed by atoms with Crippen LogP contribution in [0.2, 0.25) is 5.02 Å². The van der Waals surface area contributed by atoms with Crippen molar-refractivity contribution in [2.45, 2.75) is 37.1 Å². The third-order valence-corrected chi connectivity index (χ3v) is 4.16. The molecule has 1 unspecified atom stereocenters. The minimum atomic E-state index is -2.63. The van der Waals surface area contributed by atoms with Crippen LogP contribution in [0.5, 0.6) is 0 Å². The zero-order chi connectivity index (χ0) is 13.7. The summed E-state index contributed by atoms with van der Waals surface area (Å²) >= 11 is 5.83. The highest BCUT2D eigenvalue weighted by Crippen LogP contribution is 2.51. The van der Waals surface area contributed by atoms with Crippen molar-refractivity contribution >= 4 is 17.5 Å². The van der Waals surface area contributed by atoms with Gasteiger partial charge in [0.1, 0.15) is 0 Å². The van der Waals surface area contributed by atoms with Crippen molar-refractivity contribution in [3.63, 3.8) is 0 Å². The maximum absolute atomic E-state index is 12.8. The molecule has 0 radical (unpaired) electrons. The Labute approximate surface area is 115 Å². The highest BCUT2D eigenvalue weighted by atomic mass is 35.5. The van der Waals surface area contributed by atoms with Gasteiger partial charge in [0.2, 0.25) is 5.91 Å². The molecule has 2 aliphatic rings. The van der Waals surface area contributed by atoms with E-state index in [1.165, 1.54) is 0 Å². The van der Waals surface area contributed by atoms with Crippen molar-refractivity contribution in [2.75, 3.05) is 0 Å². The molecule has 2 saturated carbocycles. The Bertz CT molecular complexity index is 511. The fourth-order valence-corrected chi connectivity index (χ4v) is 2.54. The van der Waals surface area contributed by atoms with Crippen LogP contribution in [0, 0.1) is 5.92 Å². The molecule has 0 spiro atoms. The molecular weight excluding hydrogens is 272 g/mol. The molecule has 0 bridgehead atoms. The van der Waals surface area contributed by atoms with Gasteiger partial charge >= 0.3 is 0 Å². The highest BCUT2D eigenvalue weighted by Gasteiger charge is 2.57. The van der Waals surface area contributed by atoms with E-state index in [0.29, 0.717) is 5.02 Å². The summed E-state index contributed by atoms with van der Waals surface area (Å²) in [6, 6.07) is 7.30. The van der Waals surface area contributed by atoms with Crippen molar-refractivity contribution in [3.8, 4) is 0 Å². The molecule has 1 N–H and O–H groups in total. The largest absolute Gasteiger partial charge is 0.347 e. The number of benzene rings is 1. The molecule has 0 saturated heterocycles. The Morgan fingerprint density at radius 1 is 1.32 bits per heavy atom. The number of hydrogen-bond acceptors (Lipinski definition) is 1. The van der Waals surface area contributed by atoms with Gasteiger partial charge in [-0.25, -0.2) is 8.78 Å². The van der Waals surface area contributed by atoms with E-state index in [4.69, 9.17) is 11.6 Å². The second-order valence-corrected chi connectivity index (χ2v) is 5.94. The zero-order valence-electron chi connectivity index (χ0n) is 10.3. The quantitative estimate of drug-likeness (QED) is 0.901. The lowest BCUT2D eigenvalue weighted by Gasteiger charge is -2.18. The second kappa shape index (κ2) is 4.17. The molecule has 0 aliphatic heterocycles. The average molecular weight is 286 g/mol. The van der Waals surface area contributed by atoms with Gasteiger partial charge < -0.3 is 5.32 Å². The Morgan fingerprint density at radius 3 is 2.37 bits per heavy atom. The number of rotatable bonds is 4. The van der Waals surface area contributed by atoms with Gasteiger partial charge in [-0.2, -0.15) is 0 Å². The van der Waals surface area contributed by atoms with Crippen LogP contribution in [0.3, 0.4) is 0 Å². The van der Waals surface area contributed by atoms with Crippen LogP contribution < -0.4 is 5.32 Å². The standard InChI is InChI=1S/C14H14ClF2NO/c15-11-3-1-9(2-4-11)13(5-6-13)18-12(19)7-10-8-14(10,16)17/h1-4,10H,5-8H2,(H,18,19). The summed E-state index contributed by atoms with van der Waals surface area (Å²) in [6.45, 7) is 0. The molecule has 3 rings (SSSR count). The van der Waals surface area contributed by atoms with E-state index in [9.17, 15) is 13.6 Å². The minimum absolute atomic E-state index is 0.0810. The van der Waals surface area contributed by atoms with E-state index in [1.807, 2.05) is 12.1 Å². The molecule has 0 heterocycles. The van der Waals surface area contributed by atoms with Crippen LogP contribution in [-0.4, -0.2) is 11.8 Å². The normalized spacial score (nSPS) is 25.7. The monoisotopic (exact) mass is 285 g/mol. The Hall–Kier alpha value is -1.16. The molecule has 1 aromatic carbocycles. The summed E-state index contributed by atoms with van der Waals surface area (Å²) in [5.74, 6) is -3.68. The van der Waals surface area contributed by atoms with Crippen LogP contribution in [0.4, 0.5) is 8.78 Å². The van der Waals surface area contributed by atoms with E-state index < -0.39 is 11.8 Å². The SMILES string of the molecule is O=C(CC1CC1(F)F)NC1(c2ccc(Cl)cc2)CC1. The predicted molar refractivity (Wildman–Crippen MR) is 68.2 cm³/mol. The summed E-state index contributed by atoms with van der Waals surface area (Å²) < 4.78 is 25.6. The maximum Gasteiger partial charge on any atom is 0.252 e. The number of halogens is 3. The number of carbonyl (C=O) groups excluding carboxylic acids is 1. The predicted octanol–water partition coefficient (Wildman–Crippen LogP) is 3.49. The highest BCUT2D eigenvalue weighted by molar-refractivity contribution is 6.30. The molecular formula is C14H14ClF2NO. The molecule has 0 aromatic heterocycles. The van der Waals surface area contributed by atoms with Gasteiger partial charge in [-0.15, -0.1) is 0 Å². The summed E-state index contributed by atoms with van der Waals surface area (Å²) in [5, 5.41) is 3.54. The maximum atomic E-state index is 12.8. The number of hydrogen-bond donors (Lipinski definition) is 1. The summed E-state index contributed by atoms with van der Waals surface area (Å²) in [4.78, 5) is 11.8. The van der Waals surface area contributed by atoms with Crippen molar-refractivity contribution in [1.82, 2.24) is 5.32 Å². The molecule has 19 heavy (non-hydrogen) atoms. The number of carbonyl (C=O) groups is 1. The first-order valence-electron chi connectivity index (χ1n) is 6.36. The molecule has 1 atom stereocenters. The first-order valence-corrected chi connectivity index (χ1v) is 6.74. The summed E-state index contributed by atoms with van der Waals surface area (Å²) in [7, 11) is 0. The lowest BCUT2D eigenvalue weighted by Crippen LogP contribution is -2.35. The van der Waals surface area contributed by atoms with Crippen molar-refractivity contribution in [1.29, 1.82) is 0 Å². The lowest BCUT2D eigenvalue weighted by molar-refractivity contribution is -0.123. The van der Waals surface area contributed by atoms with E-state index in [-0.39, 0.29) is 24.3 Å². The summed E-state index contributed by atoms with van der Waals surface area (Å²) in [6.07, 6.45) is 1.46. The number of alkyl halides is 2. The average Bonchev–Trinajstić information content (AvgIpc) is 3.20. The Balaban J connectivity index is 1.63. The molecule has 102 valence electrons. The molecule has 2 nitrogen and oxygen atoms in total. The van der Waals surface area contributed by atoms with Crippen LogP contribution in [0.25, 0.3) is 0 Å². The van der Waals surface area contributed by atoms with Crippen LogP contribution in [0.15, 0.2) is 24.3 Å². The zero-order valence-corrected chi connectivity index (χ0v) is 11.0. The third-order valence-electron chi connectivity index (χ3n) is 3.91. The lowest BCUT2D eigenvalue weighted by atomic mass is 10.0.